The van der Waals surface area contributed by atoms with Crippen LogP contribution in [0.2, 0.25) is 0 Å². The molecule has 3 rings (SSSR count). The third-order valence-corrected chi connectivity index (χ3v) is 4.40. The molecule has 0 radical (unpaired) electrons. The van der Waals surface area contributed by atoms with Crippen molar-refractivity contribution >= 4 is 21.6 Å². The van der Waals surface area contributed by atoms with E-state index >= 15 is 0 Å². The first-order chi connectivity index (χ1) is 9.65. The highest BCUT2D eigenvalue weighted by Crippen LogP contribution is 2.33. The number of nitrogens with one attached hydrogen (secondary N) is 1. The molecular formula is C16H15BrFNO. The van der Waals surface area contributed by atoms with Crippen molar-refractivity contribution in [1.82, 2.24) is 0 Å². The number of hydrogen-bond acceptors (Lipinski definition) is 2. The molecule has 2 aromatic carbocycles. The highest BCUT2D eigenvalue weighted by atomic mass is 79.9. The summed E-state index contributed by atoms with van der Waals surface area (Å²) >= 11 is 3.34. The van der Waals surface area contributed by atoms with E-state index in [-0.39, 0.29) is 5.82 Å². The van der Waals surface area contributed by atoms with Crippen molar-refractivity contribution in [2.75, 3.05) is 11.9 Å². The number of anilines is 1. The van der Waals surface area contributed by atoms with Gasteiger partial charge in [0.2, 0.25) is 0 Å². The van der Waals surface area contributed by atoms with E-state index in [2.05, 4.69) is 27.3 Å². The standard InChI is InChI=1S/C16H15BrFNO/c17-14-9-12(18)5-4-11(14)8-15(20)13-3-1-2-10-6-7-19-16(10)13/h1-5,9,15,19-20H,6-8H2. The smallest absolute Gasteiger partial charge is 0.124 e. The Morgan fingerprint density at radius 1 is 1.30 bits per heavy atom. The van der Waals surface area contributed by atoms with Crippen LogP contribution >= 0.6 is 15.9 Å². The van der Waals surface area contributed by atoms with Gasteiger partial charge in [-0.15, -0.1) is 0 Å². The Morgan fingerprint density at radius 2 is 2.15 bits per heavy atom. The first kappa shape index (κ1) is 13.6. The van der Waals surface area contributed by atoms with Gasteiger partial charge in [-0.25, -0.2) is 4.39 Å². The summed E-state index contributed by atoms with van der Waals surface area (Å²) in [7, 11) is 0. The summed E-state index contributed by atoms with van der Waals surface area (Å²) in [6.45, 7) is 0.916. The molecule has 0 bridgehead atoms. The Morgan fingerprint density at radius 3 is 2.95 bits per heavy atom. The lowest BCUT2D eigenvalue weighted by Crippen LogP contribution is -2.06. The van der Waals surface area contributed by atoms with Gasteiger partial charge >= 0.3 is 0 Å². The molecule has 2 nitrogen and oxygen atoms in total. The maximum absolute atomic E-state index is 13.1. The quantitative estimate of drug-likeness (QED) is 0.893. The Hall–Kier alpha value is -1.39. The van der Waals surface area contributed by atoms with Crippen LogP contribution in [0.15, 0.2) is 40.9 Å². The van der Waals surface area contributed by atoms with Crippen molar-refractivity contribution in [1.29, 1.82) is 0 Å². The second kappa shape index (κ2) is 5.54. The molecule has 0 fully saturated rings. The molecule has 1 aliphatic heterocycles. The lowest BCUT2D eigenvalue weighted by Gasteiger charge is -2.16. The van der Waals surface area contributed by atoms with Crippen LogP contribution in [0.3, 0.4) is 0 Å². The molecule has 0 saturated carbocycles. The number of fused-ring (bicyclic) bond motifs is 1. The van der Waals surface area contributed by atoms with Gasteiger partial charge in [0.25, 0.3) is 0 Å². The lowest BCUT2D eigenvalue weighted by atomic mass is 9.98. The zero-order chi connectivity index (χ0) is 14.1. The molecule has 0 spiro atoms. The Kier molecular flexibility index (Phi) is 3.76. The molecule has 1 unspecified atom stereocenters. The average Bonchev–Trinajstić information content (AvgIpc) is 2.90. The van der Waals surface area contributed by atoms with E-state index in [4.69, 9.17) is 0 Å². The average molecular weight is 336 g/mol. The van der Waals surface area contributed by atoms with Crippen molar-refractivity contribution in [3.05, 3.63) is 63.4 Å². The summed E-state index contributed by atoms with van der Waals surface area (Å²) < 4.78 is 13.8. The minimum Gasteiger partial charge on any atom is -0.388 e. The van der Waals surface area contributed by atoms with E-state index in [0.29, 0.717) is 10.9 Å². The molecule has 2 N–H and O–H groups in total. The maximum Gasteiger partial charge on any atom is 0.124 e. The molecule has 2 aromatic rings. The van der Waals surface area contributed by atoms with Crippen LogP contribution in [-0.4, -0.2) is 11.7 Å². The van der Waals surface area contributed by atoms with Crippen LogP contribution < -0.4 is 5.32 Å². The zero-order valence-electron chi connectivity index (χ0n) is 10.9. The van der Waals surface area contributed by atoms with E-state index in [9.17, 15) is 9.50 Å². The predicted octanol–water partition coefficient (Wildman–Crippen LogP) is 3.83. The highest BCUT2D eigenvalue weighted by molar-refractivity contribution is 9.10. The van der Waals surface area contributed by atoms with Gasteiger partial charge in [-0.3, -0.25) is 0 Å². The Bertz CT molecular complexity index is 644. The largest absolute Gasteiger partial charge is 0.388 e. The van der Waals surface area contributed by atoms with Crippen molar-refractivity contribution in [2.24, 2.45) is 0 Å². The van der Waals surface area contributed by atoms with E-state index in [1.54, 1.807) is 6.07 Å². The van der Waals surface area contributed by atoms with Gasteiger partial charge in [0.15, 0.2) is 0 Å². The van der Waals surface area contributed by atoms with E-state index in [0.717, 1.165) is 29.8 Å². The van der Waals surface area contributed by atoms with Crippen LogP contribution in [-0.2, 0) is 12.8 Å². The number of hydrogen-bond donors (Lipinski definition) is 2. The molecule has 0 amide bonds. The summed E-state index contributed by atoms with van der Waals surface area (Å²) in [4.78, 5) is 0. The van der Waals surface area contributed by atoms with Gasteiger partial charge < -0.3 is 10.4 Å². The van der Waals surface area contributed by atoms with Crippen LogP contribution in [0.4, 0.5) is 10.1 Å². The molecule has 1 atom stereocenters. The number of aliphatic hydroxyl groups excluding tert-OH is 1. The topological polar surface area (TPSA) is 32.3 Å². The van der Waals surface area contributed by atoms with E-state index in [1.807, 2.05) is 12.1 Å². The van der Waals surface area contributed by atoms with Crippen molar-refractivity contribution in [2.45, 2.75) is 18.9 Å². The SMILES string of the molecule is OC(Cc1ccc(F)cc1Br)c1cccc2c1NCC2. The van der Waals surface area contributed by atoms with Gasteiger partial charge in [-0.1, -0.05) is 40.2 Å². The molecule has 104 valence electrons. The summed E-state index contributed by atoms with van der Waals surface area (Å²) in [6.07, 6.45) is 0.854. The van der Waals surface area contributed by atoms with Crippen LogP contribution in [0.25, 0.3) is 0 Å². The first-order valence-corrected chi connectivity index (χ1v) is 7.42. The van der Waals surface area contributed by atoms with E-state index in [1.165, 1.54) is 17.7 Å². The van der Waals surface area contributed by atoms with Crippen molar-refractivity contribution < 1.29 is 9.50 Å². The number of rotatable bonds is 3. The van der Waals surface area contributed by atoms with Gasteiger partial charge in [-0.2, -0.15) is 0 Å². The third-order valence-electron chi connectivity index (χ3n) is 3.67. The van der Waals surface area contributed by atoms with Gasteiger partial charge in [0.05, 0.1) is 6.10 Å². The summed E-state index contributed by atoms with van der Waals surface area (Å²) in [5.74, 6) is -0.280. The number of aliphatic hydroxyl groups is 1. The second-order valence-electron chi connectivity index (χ2n) is 5.01. The molecule has 0 aliphatic carbocycles. The van der Waals surface area contributed by atoms with Gasteiger partial charge in [0, 0.05) is 28.7 Å². The molecular weight excluding hydrogens is 321 g/mol. The summed E-state index contributed by atoms with van der Waals surface area (Å²) in [5.41, 5.74) is 4.11. The lowest BCUT2D eigenvalue weighted by molar-refractivity contribution is 0.179. The Balaban J connectivity index is 1.86. The molecule has 1 aliphatic rings. The number of benzene rings is 2. The highest BCUT2D eigenvalue weighted by Gasteiger charge is 2.19. The number of para-hydroxylation sites is 1. The van der Waals surface area contributed by atoms with Crippen LogP contribution in [0, 0.1) is 5.82 Å². The summed E-state index contributed by atoms with van der Waals surface area (Å²) in [6, 6.07) is 10.6. The maximum atomic E-state index is 13.1. The van der Waals surface area contributed by atoms with Gasteiger partial charge in [0.1, 0.15) is 5.82 Å². The summed E-state index contributed by atoms with van der Waals surface area (Å²) in [5, 5.41) is 13.8. The fraction of sp³-hybridized carbons (Fsp3) is 0.250. The van der Waals surface area contributed by atoms with Crippen molar-refractivity contribution in [3.63, 3.8) is 0 Å². The molecule has 1 heterocycles. The molecule has 0 saturated heterocycles. The molecule has 4 heteroatoms. The normalized spacial score (nSPS) is 14.8. The van der Waals surface area contributed by atoms with Gasteiger partial charge in [-0.05, 0) is 29.7 Å². The van der Waals surface area contributed by atoms with Crippen LogP contribution in [0.5, 0.6) is 0 Å². The third kappa shape index (κ3) is 2.58. The molecule has 20 heavy (non-hydrogen) atoms. The first-order valence-electron chi connectivity index (χ1n) is 6.63. The minimum atomic E-state index is -0.600. The van der Waals surface area contributed by atoms with Crippen LogP contribution in [0.1, 0.15) is 22.8 Å². The minimum absolute atomic E-state index is 0.280. The fourth-order valence-electron chi connectivity index (χ4n) is 2.65. The molecule has 0 aromatic heterocycles. The zero-order valence-corrected chi connectivity index (χ0v) is 12.5. The predicted molar refractivity (Wildman–Crippen MR) is 81.4 cm³/mol. The fourth-order valence-corrected chi connectivity index (χ4v) is 3.16. The monoisotopic (exact) mass is 335 g/mol. The van der Waals surface area contributed by atoms with E-state index < -0.39 is 6.10 Å². The second-order valence-corrected chi connectivity index (χ2v) is 5.87. The number of halogens is 2. The Labute approximate surface area is 125 Å². The van der Waals surface area contributed by atoms with Crippen molar-refractivity contribution in [3.8, 4) is 0 Å².